The average molecular weight is 370 g/mol. The number of benzene rings is 1. The van der Waals surface area contributed by atoms with Crippen molar-refractivity contribution in [3.8, 4) is 0 Å². The number of guanidine groups is 1. The molecule has 1 atom stereocenters. The molecule has 3 aromatic rings. The Morgan fingerprint density at radius 1 is 1.23 bits per heavy atom. The minimum Gasteiger partial charge on any atom is -0.356 e. The number of para-hydroxylation sites is 2. The molecule has 0 aliphatic rings. The van der Waals surface area contributed by atoms with Gasteiger partial charge in [-0.2, -0.15) is 0 Å². The number of aliphatic imine (C=N–C) groups is 1. The fraction of sp³-hybridized carbons (Fsp3) is 0.400. The predicted molar refractivity (Wildman–Crippen MR) is 111 cm³/mol. The number of imidazole rings is 1. The lowest BCUT2D eigenvalue weighted by Crippen LogP contribution is -2.40. The van der Waals surface area contributed by atoms with E-state index in [0.29, 0.717) is 5.92 Å². The molecular weight excluding hydrogens is 342 g/mol. The van der Waals surface area contributed by atoms with Crippen molar-refractivity contribution in [2.24, 2.45) is 10.9 Å². The molecule has 0 saturated carbocycles. The summed E-state index contributed by atoms with van der Waals surface area (Å²) in [7, 11) is 1.82. The summed E-state index contributed by atoms with van der Waals surface area (Å²) in [6, 6.07) is 12.5. The Labute approximate surface area is 159 Å². The Kier molecular flexibility index (Phi) is 6.66. The van der Waals surface area contributed by atoms with Crippen LogP contribution in [0.15, 0.2) is 46.8 Å². The van der Waals surface area contributed by atoms with Gasteiger partial charge in [-0.05, 0) is 42.3 Å². The van der Waals surface area contributed by atoms with Crippen LogP contribution in [-0.4, -0.2) is 36.1 Å². The van der Waals surface area contributed by atoms with Gasteiger partial charge < -0.3 is 15.6 Å². The van der Waals surface area contributed by atoms with E-state index in [1.54, 1.807) is 0 Å². The number of rotatable bonds is 8. The molecule has 1 unspecified atom stereocenters. The van der Waals surface area contributed by atoms with Gasteiger partial charge in [-0.25, -0.2) is 4.98 Å². The van der Waals surface area contributed by atoms with E-state index in [1.807, 2.05) is 36.6 Å². The summed E-state index contributed by atoms with van der Waals surface area (Å²) in [6.45, 7) is 4.05. The molecule has 3 rings (SSSR count). The molecule has 0 radical (unpaired) electrons. The van der Waals surface area contributed by atoms with Gasteiger partial charge in [0.2, 0.25) is 0 Å². The van der Waals surface area contributed by atoms with Crippen LogP contribution >= 0.6 is 11.3 Å². The standard InChI is InChI=1S/C20H27N5S/c1-15(13-16-7-6-12-26-16)14-23-20(21-2)22-11-5-10-19-24-17-8-3-4-9-18(17)25-19/h3-4,6-9,12,15H,5,10-11,13-14H2,1-2H3,(H,24,25)(H2,21,22,23). The molecule has 0 fully saturated rings. The first-order chi connectivity index (χ1) is 12.7. The SMILES string of the molecule is CN=C(NCCCc1nc2ccccc2[nH]1)NCC(C)Cc1cccs1. The van der Waals surface area contributed by atoms with E-state index in [0.717, 1.165) is 55.2 Å². The van der Waals surface area contributed by atoms with E-state index in [2.05, 4.69) is 56.1 Å². The van der Waals surface area contributed by atoms with Gasteiger partial charge in [0, 0.05) is 31.4 Å². The first kappa shape index (κ1) is 18.5. The van der Waals surface area contributed by atoms with E-state index >= 15 is 0 Å². The second-order valence-electron chi connectivity index (χ2n) is 6.57. The van der Waals surface area contributed by atoms with Gasteiger partial charge in [0.05, 0.1) is 11.0 Å². The largest absolute Gasteiger partial charge is 0.356 e. The maximum atomic E-state index is 4.62. The predicted octanol–water partition coefficient (Wildman–Crippen LogP) is 3.60. The highest BCUT2D eigenvalue weighted by Crippen LogP contribution is 2.14. The zero-order valence-corrected chi connectivity index (χ0v) is 16.3. The average Bonchev–Trinajstić information content (AvgIpc) is 3.30. The Morgan fingerprint density at radius 3 is 2.88 bits per heavy atom. The number of aromatic amines is 1. The van der Waals surface area contributed by atoms with Crippen LogP contribution in [0.5, 0.6) is 0 Å². The third-order valence-corrected chi connectivity index (χ3v) is 5.19. The summed E-state index contributed by atoms with van der Waals surface area (Å²) in [5.74, 6) is 2.48. The minimum absolute atomic E-state index is 0.572. The quantitative estimate of drug-likeness (QED) is 0.323. The molecule has 0 bridgehead atoms. The van der Waals surface area contributed by atoms with Gasteiger partial charge in [-0.1, -0.05) is 25.1 Å². The van der Waals surface area contributed by atoms with Crippen LogP contribution in [0.3, 0.4) is 0 Å². The lowest BCUT2D eigenvalue weighted by molar-refractivity contribution is 0.561. The van der Waals surface area contributed by atoms with Gasteiger partial charge >= 0.3 is 0 Å². The maximum absolute atomic E-state index is 4.62. The van der Waals surface area contributed by atoms with Gasteiger partial charge in [-0.15, -0.1) is 11.3 Å². The Hall–Kier alpha value is -2.34. The number of aryl methyl sites for hydroxylation is 1. The molecule has 6 heteroatoms. The highest BCUT2D eigenvalue weighted by Gasteiger charge is 2.06. The van der Waals surface area contributed by atoms with Crippen molar-refractivity contribution in [1.29, 1.82) is 0 Å². The van der Waals surface area contributed by atoms with Crippen LogP contribution in [0.2, 0.25) is 0 Å². The Balaban J connectivity index is 1.36. The number of hydrogen-bond donors (Lipinski definition) is 3. The van der Waals surface area contributed by atoms with Crippen molar-refractivity contribution in [2.45, 2.75) is 26.2 Å². The van der Waals surface area contributed by atoms with Crippen molar-refractivity contribution in [3.63, 3.8) is 0 Å². The number of aromatic nitrogens is 2. The number of fused-ring (bicyclic) bond motifs is 1. The third-order valence-electron chi connectivity index (χ3n) is 4.29. The topological polar surface area (TPSA) is 65.1 Å². The van der Waals surface area contributed by atoms with Gasteiger partial charge in [0.25, 0.3) is 0 Å². The molecule has 26 heavy (non-hydrogen) atoms. The molecule has 0 spiro atoms. The Morgan fingerprint density at radius 2 is 2.12 bits per heavy atom. The lowest BCUT2D eigenvalue weighted by atomic mass is 10.1. The summed E-state index contributed by atoms with van der Waals surface area (Å²) >= 11 is 1.82. The normalized spacial score (nSPS) is 13.1. The molecular formula is C20H27N5S. The highest BCUT2D eigenvalue weighted by molar-refractivity contribution is 7.09. The molecule has 2 aromatic heterocycles. The fourth-order valence-electron chi connectivity index (χ4n) is 2.92. The van der Waals surface area contributed by atoms with Gasteiger partial charge in [-0.3, -0.25) is 4.99 Å². The fourth-order valence-corrected chi connectivity index (χ4v) is 3.79. The number of nitrogens with one attached hydrogen (secondary N) is 3. The molecule has 0 aliphatic heterocycles. The number of thiophene rings is 1. The second kappa shape index (κ2) is 9.38. The number of nitrogens with zero attached hydrogens (tertiary/aromatic N) is 2. The van der Waals surface area contributed by atoms with Crippen molar-refractivity contribution in [1.82, 2.24) is 20.6 Å². The second-order valence-corrected chi connectivity index (χ2v) is 7.60. The molecule has 3 N–H and O–H groups in total. The molecule has 5 nitrogen and oxygen atoms in total. The van der Waals surface area contributed by atoms with Gasteiger partial charge in [0.15, 0.2) is 5.96 Å². The van der Waals surface area contributed by atoms with Crippen LogP contribution in [0.4, 0.5) is 0 Å². The minimum atomic E-state index is 0.572. The number of H-pyrrole nitrogens is 1. The summed E-state index contributed by atoms with van der Waals surface area (Å²) in [4.78, 5) is 13.7. The summed E-state index contributed by atoms with van der Waals surface area (Å²) in [5, 5.41) is 8.95. The first-order valence-corrected chi connectivity index (χ1v) is 10.0. The molecule has 138 valence electrons. The van der Waals surface area contributed by atoms with E-state index in [4.69, 9.17) is 0 Å². The van der Waals surface area contributed by atoms with Crippen molar-refractivity contribution >= 4 is 28.3 Å². The molecule has 1 aromatic carbocycles. The van der Waals surface area contributed by atoms with Crippen LogP contribution in [0, 0.1) is 5.92 Å². The maximum Gasteiger partial charge on any atom is 0.190 e. The summed E-state index contributed by atoms with van der Waals surface area (Å²) < 4.78 is 0. The van der Waals surface area contributed by atoms with E-state index < -0.39 is 0 Å². The smallest absolute Gasteiger partial charge is 0.190 e. The first-order valence-electron chi connectivity index (χ1n) is 9.15. The molecule has 0 saturated heterocycles. The monoisotopic (exact) mass is 369 g/mol. The highest BCUT2D eigenvalue weighted by atomic mass is 32.1. The number of hydrogen-bond acceptors (Lipinski definition) is 3. The lowest BCUT2D eigenvalue weighted by Gasteiger charge is -2.15. The van der Waals surface area contributed by atoms with Crippen LogP contribution in [0.1, 0.15) is 24.0 Å². The summed E-state index contributed by atoms with van der Waals surface area (Å²) in [6.07, 6.45) is 3.03. The van der Waals surface area contributed by atoms with Crippen molar-refractivity contribution < 1.29 is 0 Å². The third kappa shape index (κ3) is 5.33. The van der Waals surface area contributed by atoms with Crippen molar-refractivity contribution in [2.75, 3.05) is 20.1 Å². The van der Waals surface area contributed by atoms with E-state index in [9.17, 15) is 0 Å². The van der Waals surface area contributed by atoms with Crippen LogP contribution in [0.25, 0.3) is 11.0 Å². The van der Waals surface area contributed by atoms with E-state index in [-0.39, 0.29) is 0 Å². The zero-order valence-electron chi connectivity index (χ0n) is 15.5. The van der Waals surface area contributed by atoms with E-state index in [1.165, 1.54) is 4.88 Å². The molecule has 2 heterocycles. The zero-order chi connectivity index (χ0) is 18.2. The Bertz CT molecular complexity index is 789. The van der Waals surface area contributed by atoms with Gasteiger partial charge in [0.1, 0.15) is 5.82 Å². The van der Waals surface area contributed by atoms with Crippen LogP contribution in [-0.2, 0) is 12.8 Å². The molecule has 0 aliphatic carbocycles. The molecule has 0 amide bonds. The van der Waals surface area contributed by atoms with Crippen molar-refractivity contribution in [3.05, 3.63) is 52.5 Å². The van der Waals surface area contributed by atoms with Crippen LogP contribution < -0.4 is 10.6 Å². The summed E-state index contributed by atoms with van der Waals surface area (Å²) in [5.41, 5.74) is 2.14.